The molecule has 1 aliphatic heterocycles. The third-order valence-electron chi connectivity index (χ3n) is 5.49. The van der Waals surface area contributed by atoms with E-state index in [2.05, 4.69) is 14.7 Å². The molecule has 0 aliphatic carbocycles. The van der Waals surface area contributed by atoms with Crippen LogP contribution in [0.15, 0.2) is 74.9 Å². The SMILES string of the molecule is Nc1ccc(-c2ccc3c(c2)CCN3S(=O)c2ccc(-c3noc(=O)[nH]3)cc2)c(C(=O)O)c1. The summed E-state index contributed by atoms with van der Waals surface area (Å²) >= 11 is 0. The third-order valence-corrected chi connectivity index (χ3v) is 6.94. The summed E-state index contributed by atoms with van der Waals surface area (Å²) in [6.07, 6.45) is 0.685. The minimum absolute atomic E-state index is 0.141. The molecule has 0 saturated heterocycles. The molecule has 33 heavy (non-hydrogen) atoms. The van der Waals surface area contributed by atoms with Crippen LogP contribution in [0.5, 0.6) is 0 Å². The minimum Gasteiger partial charge on any atom is -0.478 e. The van der Waals surface area contributed by atoms with Gasteiger partial charge in [0.2, 0.25) is 0 Å². The predicted molar refractivity (Wildman–Crippen MR) is 123 cm³/mol. The van der Waals surface area contributed by atoms with E-state index in [1.165, 1.54) is 6.07 Å². The highest BCUT2D eigenvalue weighted by Crippen LogP contribution is 2.36. The molecule has 1 unspecified atom stereocenters. The van der Waals surface area contributed by atoms with Gasteiger partial charge in [0.15, 0.2) is 16.8 Å². The maximum absolute atomic E-state index is 13.3. The minimum atomic E-state index is -1.44. The highest BCUT2D eigenvalue weighted by atomic mass is 32.2. The van der Waals surface area contributed by atoms with Gasteiger partial charge in [-0.1, -0.05) is 17.3 Å². The zero-order valence-electron chi connectivity index (χ0n) is 17.1. The molecular formula is C23H18N4O5S. The number of carboxylic acids is 1. The predicted octanol–water partition coefficient (Wildman–Crippen LogP) is 3.06. The number of nitrogen functional groups attached to an aromatic ring is 1. The van der Waals surface area contributed by atoms with E-state index in [1.54, 1.807) is 36.4 Å². The lowest BCUT2D eigenvalue weighted by atomic mass is 9.97. The number of aromatic carboxylic acids is 1. The molecule has 0 bridgehead atoms. The van der Waals surface area contributed by atoms with Crippen molar-refractivity contribution in [2.45, 2.75) is 11.3 Å². The summed E-state index contributed by atoms with van der Waals surface area (Å²) in [5.41, 5.74) is 10.1. The van der Waals surface area contributed by atoms with Crippen molar-refractivity contribution in [1.82, 2.24) is 10.1 Å². The third kappa shape index (κ3) is 3.80. The number of carbonyl (C=O) groups is 1. The number of nitrogens with zero attached hydrogens (tertiary/aromatic N) is 2. The van der Waals surface area contributed by atoms with Gasteiger partial charge in [0.1, 0.15) is 0 Å². The first-order valence-corrected chi connectivity index (χ1v) is 11.1. The normalized spacial score (nSPS) is 13.6. The van der Waals surface area contributed by atoms with E-state index in [0.29, 0.717) is 40.5 Å². The Morgan fingerprint density at radius 1 is 1.09 bits per heavy atom. The molecule has 4 N–H and O–H groups in total. The first kappa shape index (κ1) is 20.7. The van der Waals surface area contributed by atoms with Gasteiger partial charge in [-0.25, -0.2) is 13.8 Å². The number of nitrogens with two attached hydrogens (primary N) is 1. The number of benzene rings is 3. The highest BCUT2D eigenvalue weighted by Gasteiger charge is 2.26. The van der Waals surface area contributed by atoms with Crippen LogP contribution in [-0.4, -0.2) is 32.0 Å². The van der Waals surface area contributed by atoms with E-state index < -0.39 is 22.7 Å². The zero-order valence-corrected chi connectivity index (χ0v) is 18.0. The van der Waals surface area contributed by atoms with E-state index in [4.69, 9.17) is 5.73 Å². The van der Waals surface area contributed by atoms with Gasteiger partial charge in [0.25, 0.3) is 0 Å². The lowest BCUT2D eigenvalue weighted by molar-refractivity contribution is 0.0697. The van der Waals surface area contributed by atoms with Crippen LogP contribution in [0.4, 0.5) is 11.4 Å². The fraction of sp³-hybridized carbons (Fsp3) is 0.0870. The summed E-state index contributed by atoms with van der Waals surface area (Å²) in [4.78, 5) is 25.9. The van der Waals surface area contributed by atoms with Crippen molar-refractivity contribution in [3.05, 3.63) is 82.3 Å². The Kier molecular flexibility index (Phi) is 5.06. The summed E-state index contributed by atoms with van der Waals surface area (Å²) in [5.74, 6) is -1.38. The summed E-state index contributed by atoms with van der Waals surface area (Å²) in [7, 11) is -1.44. The van der Waals surface area contributed by atoms with Gasteiger partial charge in [-0.2, -0.15) is 0 Å². The molecule has 0 spiro atoms. The van der Waals surface area contributed by atoms with Crippen LogP contribution in [0.2, 0.25) is 0 Å². The molecule has 0 fully saturated rings. The number of aromatic nitrogens is 2. The molecule has 1 aromatic heterocycles. The molecule has 1 aliphatic rings. The standard InChI is InChI=1S/C23H18N4O5S/c24-16-4-7-18(19(12-16)22(28)29)14-3-8-20-15(11-14)9-10-27(20)33(31)17-5-1-13(2-6-17)21-25-23(30)32-26-21/h1-8,11-12H,9-10,24H2,(H,28,29)(H,25,26,30). The summed E-state index contributed by atoms with van der Waals surface area (Å²) in [5, 5.41) is 13.2. The molecule has 2 heterocycles. The molecule has 0 saturated carbocycles. The van der Waals surface area contributed by atoms with Crippen LogP contribution in [0, 0.1) is 0 Å². The fourth-order valence-corrected chi connectivity index (χ4v) is 5.15. The molecular weight excluding hydrogens is 444 g/mol. The number of nitrogens with one attached hydrogen (secondary N) is 1. The molecule has 9 nitrogen and oxygen atoms in total. The second-order valence-electron chi connectivity index (χ2n) is 7.52. The molecule has 4 aromatic rings. The lowest BCUT2D eigenvalue weighted by Crippen LogP contribution is -2.23. The Balaban J connectivity index is 1.42. The Morgan fingerprint density at radius 3 is 2.55 bits per heavy atom. The van der Waals surface area contributed by atoms with Gasteiger partial charge in [-0.15, -0.1) is 0 Å². The Morgan fingerprint density at radius 2 is 1.85 bits per heavy atom. The Bertz CT molecular complexity index is 1460. The Labute approximate surface area is 190 Å². The van der Waals surface area contributed by atoms with Crippen molar-refractivity contribution in [3.8, 4) is 22.5 Å². The number of carboxylic acid groups (broad SMARTS) is 1. The largest absolute Gasteiger partial charge is 0.478 e. The van der Waals surface area contributed by atoms with Crippen molar-refractivity contribution < 1.29 is 18.6 Å². The van der Waals surface area contributed by atoms with Crippen LogP contribution >= 0.6 is 0 Å². The number of fused-ring (bicyclic) bond motifs is 1. The van der Waals surface area contributed by atoms with Crippen LogP contribution in [0.3, 0.4) is 0 Å². The number of H-pyrrole nitrogens is 1. The molecule has 0 radical (unpaired) electrons. The zero-order chi connectivity index (χ0) is 23.1. The molecule has 1 atom stereocenters. The number of hydrogen-bond acceptors (Lipinski definition) is 6. The lowest BCUT2D eigenvalue weighted by Gasteiger charge is -2.18. The molecule has 5 rings (SSSR count). The molecule has 0 amide bonds. The number of anilines is 2. The van der Waals surface area contributed by atoms with E-state index >= 15 is 0 Å². The van der Waals surface area contributed by atoms with Crippen molar-refractivity contribution in [2.75, 3.05) is 16.6 Å². The Hall–Kier alpha value is -4.18. The van der Waals surface area contributed by atoms with Crippen LogP contribution in [0.1, 0.15) is 15.9 Å². The van der Waals surface area contributed by atoms with Crippen molar-refractivity contribution >= 4 is 28.3 Å². The maximum Gasteiger partial charge on any atom is 0.439 e. The summed E-state index contributed by atoms with van der Waals surface area (Å²) in [6, 6.07) is 17.3. The van der Waals surface area contributed by atoms with Crippen LogP contribution in [0.25, 0.3) is 22.5 Å². The average molecular weight is 462 g/mol. The first-order chi connectivity index (χ1) is 15.9. The van der Waals surface area contributed by atoms with Crippen LogP contribution in [-0.2, 0) is 17.4 Å². The van der Waals surface area contributed by atoms with Crippen molar-refractivity contribution in [3.63, 3.8) is 0 Å². The second kappa shape index (κ2) is 8.06. The number of hydrogen-bond donors (Lipinski definition) is 3. The van der Waals surface area contributed by atoms with E-state index in [0.717, 1.165) is 16.8 Å². The monoisotopic (exact) mass is 462 g/mol. The van der Waals surface area contributed by atoms with E-state index in [-0.39, 0.29) is 5.56 Å². The van der Waals surface area contributed by atoms with E-state index in [9.17, 15) is 18.9 Å². The second-order valence-corrected chi connectivity index (χ2v) is 8.93. The maximum atomic E-state index is 13.3. The van der Waals surface area contributed by atoms with Crippen molar-refractivity contribution in [2.24, 2.45) is 0 Å². The topological polar surface area (TPSA) is 143 Å². The average Bonchev–Trinajstić information content (AvgIpc) is 3.44. The molecule has 3 aromatic carbocycles. The van der Waals surface area contributed by atoms with E-state index in [1.807, 2.05) is 22.5 Å². The van der Waals surface area contributed by atoms with Gasteiger partial charge in [-0.05, 0) is 71.6 Å². The highest BCUT2D eigenvalue weighted by molar-refractivity contribution is 7.86. The van der Waals surface area contributed by atoms with Crippen LogP contribution < -0.4 is 15.8 Å². The smallest absolute Gasteiger partial charge is 0.439 e. The summed E-state index contributed by atoms with van der Waals surface area (Å²) < 4.78 is 19.6. The fourth-order valence-electron chi connectivity index (χ4n) is 3.91. The quantitative estimate of drug-likeness (QED) is 0.387. The van der Waals surface area contributed by atoms with Gasteiger partial charge in [-0.3, -0.25) is 13.8 Å². The first-order valence-electron chi connectivity index (χ1n) is 10.0. The molecule has 10 heteroatoms. The van der Waals surface area contributed by atoms with Gasteiger partial charge in [0, 0.05) is 17.8 Å². The van der Waals surface area contributed by atoms with Gasteiger partial charge in [0.05, 0.1) is 16.1 Å². The number of aromatic amines is 1. The number of rotatable bonds is 5. The van der Waals surface area contributed by atoms with Crippen molar-refractivity contribution in [1.29, 1.82) is 0 Å². The van der Waals surface area contributed by atoms with Gasteiger partial charge >= 0.3 is 11.7 Å². The molecule has 166 valence electrons. The summed E-state index contributed by atoms with van der Waals surface area (Å²) in [6.45, 7) is 0.567. The van der Waals surface area contributed by atoms with Gasteiger partial charge < -0.3 is 10.8 Å².